The fourth-order valence-electron chi connectivity index (χ4n) is 1.25. The van der Waals surface area contributed by atoms with E-state index in [1.54, 1.807) is 30.6 Å². The Bertz CT molecular complexity index is 577. The zero-order chi connectivity index (χ0) is 10.2. The van der Waals surface area contributed by atoms with Crippen LogP contribution in [-0.4, -0.2) is 9.19 Å². The number of fused-ring (bicyclic) bond motifs is 1. The number of aromatic nitrogens is 1. The van der Waals surface area contributed by atoms with E-state index in [1.807, 2.05) is 6.07 Å². The minimum atomic E-state index is -3.12. The minimum Gasteiger partial charge on any atom is -0.264 e. The van der Waals surface area contributed by atoms with Crippen molar-refractivity contribution in [2.24, 2.45) is 5.14 Å². The van der Waals surface area contributed by atoms with Crippen molar-refractivity contribution in [3.05, 3.63) is 36.7 Å². The van der Waals surface area contributed by atoms with Gasteiger partial charge in [-0.1, -0.05) is 6.07 Å². The Morgan fingerprint density at radius 2 is 2.07 bits per heavy atom. The molecule has 5 heteroatoms. The highest BCUT2D eigenvalue weighted by Crippen LogP contribution is 2.16. The quantitative estimate of drug-likeness (QED) is 0.743. The lowest BCUT2D eigenvalue weighted by molar-refractivity contribution is 0.676. The maximum absolute atomic E-state index is 11.3. The van der Waals surface area contributed by atoms with Gasteiger partial charge in [0.05, 0.1) is 4.90 Å². The zero-order valence-corrected chi connectivity index (χ0v) is 8.12. The molecule has 4 nitrogen and oxygen atoms in total. The lowest BCUT2D eigenvalue weighted by Gasteiger charge is -2.02. The summed E-state index contributed by atoms with van der Waals surface area (Å²) in [5.41, 5.74) is 0. The van der Waals surface area contributed by atoms with Gasteiger partial charge in [-0.05, 0) is 23.6 Å². The molecule has 0 amide bonds. The smallest absolute Gasteiger partial charge is 0.132 e. The molecule has 72 valence electrons. The van der Waals surface area contributed by atoms with Crippen molar-refractivity contribution in [2.75, 3.05) is 0 Å². The summed E-state index contributed by atoms with van der Waals surface area (Å²) >= 11 is 0. The fourth-order valence-corrected chi connectivity index (χ4v) is 1.82. The van der Waals surface area contributed by atoms with E-state index in [2.05, 4.69) is 4.98 Å². The van der Waals surface area contributed by atoms with Crippen molar-refractivity contribution >= 4 is 20.7 Å². The lowest BCUT2D eigenvalue weighted by atomic mass is 10.2. The Morgan fingerprint density at radius 1 is 1.29 bits per heavy atom. The van der Waals surface area contributed by atoms with Gasteiger partial charge in [-0.25, -0.2) is 14.1 Å². The van der Waals surface area contributed by atoms with E-state index in [4.69, 9.17) is 9.92 Å². The third kappa shape index (κ3) is 1.59. The molecular formula is C9H9N3OS. The standard InChI is InChI=1S/C9H9N3OS/c10-14(11,13)9-2-1-7-3-4-12-6-8(7)5-9/h1-6H,(H3,10,11,13). The molecule has 1 unspecified atom stereocenters. The predicted molar refractivity (Wildman–Crippen MR) is 55.1 cm³/mol. The van der Waals surface area contributed by atoms with Gasteiger partial charge < -0.3 is 0 Å². The van der Waals surface area contributed by atoms with Crippen molar-refractivity contribution in [2.45, 2.75) is 4.90 Å². The van der Waals surface area contributed by atoms with E-state index in [0.717, 1.165) is 10.8 Å². The summed E-state index contributed by atoms with van der Waals surface area (Å²) < 4.78 is 18.5. The molecule has 0 aliphatic rings. The zero-order valence-electron chi connectivity index (χ0n) is 7.31. The molecule has 2 aromatic rings. The monoisotopic (exact) mass is 207 g/mol. The van der Waals surface area contributed by atoms with Gasteiger partial charge in [0.2, 0.25) is 0 Å². The summed E-state index contributed by atoms with van der Waals surface area (Å²) in [6, 6.07) is 6.88. The highest BCUT2D eigenvalue weighted by Gasteiger charge is 2.03. The third-order valence-electron chi connectivity index (χ3n) is 1.96. The Morgan fingerprint density at radius 3 is 2.79 bits per heavy atom. The van der Waals surface area contributed by atoms with Crippen LogP contribution in [0.4, 0.5) is 0 Å². The molecular weight excluding hydrogens is 198 g/mol. The summed E-state index contributed by atoms with van der Waals surface area (Å²) in [6.45, 7) is 0. The van der Waals surface area contributed by atoms with Gasteiger partial charge in [-0.3, -0.25) is 4.98 Å². The second kappa shape index (κ2) is 3.04. The van der Waals surface area contributed by atoms with Gasteiger partial charge in [0, 0.05) is 17.8 Å². The second-order valence-electron chi connectivity index (χ2n) is 2.99. The van der Waals surface area contributed by atoms with E-state index >= 15 is 0 Å². The van der Waals surface area contributed by atoms with Crippen LogP contribution in [0.15, 0.2) is 41.6 Å². The van der Waals surface area contributed by atoms with Crippen molar-refractivity contribution in [1.29, 1.82) is 4.78 Å². The first kappa shape index (κ1) is 9.11. The normalized spacial score (nSPS) is 15.2. The van der Waals surface area contributed by atoms with Gasteiger partial charge in [0.1, 0.15) is 9.92 Å². The Kier molecular flexibility index (Phi) is 1.98. The van der Waals surface area contributed by atoms with Crippen molar-refractivity contribution in [3.63, 3.8) is 0 Å². The first-order chi connectivity index (χ1) is 6.57. The molecule has 14 heavy (non-hydrogen) atoms. The number of pyridine rings is 1. The van der Waals surface area contributed by atoms with Crippen molar-refractivity contribution < 1.29 is 4.21 Å². The summed E-state index contributed by atoms with van der Waals surface area (Å²) in [5.74, 6) is 0. The Labute approximate surface area is 81.9 Å². The maximum Gasteiger partial charge on any atom is 0.132 e. The third-order valence-corrected chi connectivity index (χ3v) is 2.92. The van der Waals surface area contributed by atoms with Crippen LogP contribution in [-0.2, 0) is 9.92 Å². The number of nitrogens with two attached hydrogens (primary N) is 1. The topological polar surface area (TPSA) is 79.8 Å². The molecule has 1 aromatic carbocycles. The van der Waals surface area contributed by atoms with Crippen LogP contribution in [0, 0.1) is 4.78 Å². The molecule has 0 aliphatic heterocycles. The summed E-state index contributed by atoms with van der Waals surface area (Å²) in [5, 5.41) is 7.06. The molecule has 0 saturated carbocycles. The average Bonchev–Trinajstić information content (AvgIpc) is 2.16. The Balaban J connectivity index is 2.75. The molecule has 0 spiro atoms. The molecule has 0 fully saturated rings. The van der Waals surface area contributed by atoms with Crippen molar-refractivity contribution in [1.82, 2.24) is 4.98 Å². The highest BCUT2D eigenvalue weighted by atomic mass is 32.2. The summed E-state index contributed by atoms with van der Waals surface area (Å²) in [6.07, 6.45) is 3.34. The lowest BCUT2D eigenvalue weighted by Crippen LogP contribution is -2.09. The van der Waals surface area contributed by atoms with E-state index in [1.165, 1.54) is 0 Å². The predicted octanol–water partition coefficient (Wildman–Crippen LogP) is 1.51. The SMILES string of the molecule is N=S(N)(=O)c1ccc2ccncc2c1. The van der Waals surface area contributed by atoms with Crippen molar-refractivity contribution in [3.8, 4) is 0 Å². The molecule has 0 aliphatic carbocycles. The molecule has 0 bridgehead atoms. The van der Waals surface area contributed by atoms with E-state index in [-0.39, 0.29) is 0 Å². The molecule has 2 rings (SSSR count). The van der Waals surface area contributed by atoms with Crippen LogP contribution in [0.1, 0.15) is 0 Å². The number of hydrogen-bond acceptors (Lipinski definition) is 3. The molecule has 0 saturated heterocycles. The van der Waals surface area contributed by atoms with Crippen LogP contribution < -0.4 is 5.14 Å². The van der Waals surface area contributed by atoms with Gasteiger partial charge in [0.15, 0.2) is 0 Å². The number of rotatable bonds is 1. The first-order valence-electron chi connectivity index (χ1n) is 3.98. The molecule has 1 aromatic heterocycles. The summed E-state index contributed by atoms with van der Waals surface area (Å²) in [7, 11) is -3.12. The number of hydrogen-bond donors (Lipinski definition) is 2. The van der Waals surface area contributed by atoms with E-state index < -0.39 is 9.92 Å². The van der Waals surface area contributed by atoms with E-state index in [0.29, 0.717) is 4.90 Å². The molecule has 1 heterocycles. The number of benzene rings is 1. The minimum absolute atomic E-state index is 0.331. The highest BCUT2D eigenvalue weighted by molar-refractivity contribution is 7.90. The van der Waals surface area contributed by atoms with Gasteiger partial charge in [0.25, 0.3) is 0 Å². The molecule has 1 atom stereocenters. The van der Waals surface area contributed by atoms with Crippen LogP contribution in [0.5, 0.6) is 0 Å². The largest absolute Gasteiger partial charge is 0.264 e. The fraction of sp³-hybridized carbons (Fsp3) is 0. The van der Waals surface area contributed by atoms with Gasteiger partial charge >= 0.3 is 0 Å². The second-order valence-corrected chi connectivity index (χ2v) is 4.66. The van der Waals surface area contributed by atoms with Crippen LogP contribution in [0.2, 0.25) is 0 Å². The number of nitrogens with one attached hydrogen (secondary N) is 1. The van der Waals surface area contributed by atoms with Crippen LogP contribution >= 0.6 is 0 Å². The van der Waals surface area contributed by atoms with Gasteiger partial charge in [-0.15, -0.1) is 0 Å². The summed E-state index contributed by atoms with van der Waals surface area (Å²) in [4.78, 5) is 4.27. The maximum atomic E-state index is 11.3. The van der Waals surface area contributed by atoms with Gasteiger partial charge in [-0.2, -0.15) is 0 Å². The first-order valence-corrected chi connectivity index (χ1v) is 5.60. The molecule has 0 radical (unpaired) electrons. The average molecular weight is 207 g/mol. The van der Waals surface area contributed by atoms with Crippen LogP contribution in [0.25, 0.3) is 10.8 Å². The number of nitrogens with zero attached hydrogens (tertiary/aromatic N) is 1. The van der Waals surface area contributed by atoms with E-state index in [9.17, 15) is 4.21 Å². The molecule has 3 N–H and O–H groups in total. The van der Waals surface area contributed by atoms with Crippen LogP contribution in [0.3, 0.4) is 0 Å². The Hall–Kier alpha value is -1.46.